The lowest BCUT2D eigenvalue weighted by Crippen LogP contribution is -2.23. The predicted molar refractivity (Wildman–Crippen MR) is 133 cm³/mol. The Morgan fingerprint density at radius 3 is 2.65 bits per heavy atom. The lowest BCUT2D eigenvalue weighted by molar-refractivity contribution is -0.137. The van der Waals surface area contributed by atoms with Gasteiger partial charge in [-0.05, 0) is 42.0 Å². The van der Waals surface area contributed by atoms with Crippen molar-refractivity contribution in [1.82, 2.24) is 25.1 Å². The molecule has 0 bridgehead atoms. The van der Waals surface area contributed by atoms with E-state index in [0.29, 0.717) is 33.1 Å². The molecule has 0 saturated carbocycles. The molecule has 2 aromatic carbocycles. The van der Waals surface area contributed by atoms with Crippen molar-refractivity contribution in [2.45, 2.75) is 23.6 Å². The van der Waals surface area contributed by atoms with Crippen molar-refractivity contribution in [2.24, 2.45) is 0 Å². The Balaban J connectivity index is 1.26. The number of alkyl halides is 3. The van der Waals surface area contributed by atoms with Gasteiger partial charge in [0, 0.05) is 17.6 Å². The van der Waals surface area contributed by atoms with Gasteiger partial charge in [-0.2, -0.15) is 13.2 Å². The van der Waals surface area contributed by atoms with Crippen LogP contribution in [0.2, 0.25) is 0 Å². The van der Waals surface area contributed by atoms with Gasteiger partial charge in [-0.1, -0.05) is 42.1 Å². The molecule has 0 aliphatic rings. The van der Waals surface area contributed by atoms with Gasteiger partial charge in [-0.25, -0.2) is 4.98 Å². The number of benzene rings is 2. The van der Waals surface area contributed by atoms with Crippen molar-refractivity contribution in [3.63, 3.8) is 0 Å². The third-order valence-electron chi connectivity index (χ3n) is 5.21. The number of carbonyl (C=O) groups is 1. The van der Waals surface area contributed by atoms with Gasteiger partial charge < -0.3 is 9.73 Å². The number of nitrogens with one attached hydrogen (secondary N) is 1. The predicted octanol–water partition coefficient (Wildman–Crippen LogP) is 6.22. The van der Waals surface area contributed by atoms with Crippen molar-refractivity contribution in [3.8, 4) is 17.3 Å². The van der Waals surface area contributed by atoms with Crippen molar-refractivity contribution in [1.29, 1.82) is 0 Å². The summed E-state index contributed by atoms with van der Waals surface area (Å²) in [6.07, 6.45) is -2.87. The number of halogens is 3. The number of thioether (sulfide) groups is 1. The number of thiazole rings is 1. The molecule has 1 amide bonds. The summed E-state index contributed by atoms with van der Waals surface area (Å²) in [5, 5.41) is 14.2. The zero-order valence-electron chi connectivity index (χ0n) is 19.0. The normalized spacial score (nSPS) is 11.5. The number of nitrogens with zero attached hydrogens (tertiary/aromatic N) is 4. The van der Waals surface area contributed by atoms with Gasteiger partial charge >= 0.3 is 6.18 Å². The maximum absolute atomic E-state index is 12.9. The van der Waals surface area contributed by atoms with Crippen molar-refractivity contribution in [3.05, 3.63) is 100 Å². The van der Waals surface area contributed by atoms with Gasteiger partial charge in [-0.3, -0.25) is 9.36 Å². The number of rotatable bonds is 8. The number of carbonyl (C=O) groups excluding carboxylic acids is 1. The van der Waals surface area contributed by atoms with E-state index in [-0.39, 0.29) is 12.2 Å². The van der Waals surface area contributed by atoms with Gasteiger partial charge in [0.2, 0.25) is 5.82 Å². The fraction of sp³-hybridized carbons (Fsp3) is 0.120. The molecule has 0 unspecified atom stereocenters. The number of aromatic nitrogens is 4. The topological polar surface area (TPSA) is 85.8 Å². The van der Waals surface area contributed by atoms with E-state index < -0.39 is 17.6 Å². The molecular weight excluding hydrogens is 523 g/mol. The molecule has 0 aliphatic carbocycles. The molecule has 3 heterocycles. The van der Waals surface area contributed by atoms with Crippen LogP contribution in [0.5, 0.6) is 0 Å². The van der Waals surface area contributed by atoms with Crippen LogP contribution >= 0.6 is 23.1 Å². The van der Waals surface area contributed by atoms with E-state index in [9.17, 15) is 18.0 Å². The molecule has 5 aromatic rings. The summed E-state index contributed by atoms with van der Waals surface area (Å²) in [7, 11) is 0. The van der Waals surface area contributed by atoms with Gasteiger partial charge in [0.05, 0.1) is 17.6 Å². The zero-order valence-corrected chi connectivity index (χ0v) is 20.6. The summed E-state index contributed by atoms with van der Waals surface area (Å²) in [6.45, 7) is -0.0416. The monoisotopic (exact) mass is 541 g/mol. The van der Waals surface area contributed by atoms with E-state index in [4.69, 9.17) is 4.42 Å². The summed E-state index contributed by atoms with van der Waals surface area (Å²) < 4.78 is 46.1. The average Bonchev–Trinajstić information content (AvgIpc) is 3.67. The summed E-state index contributed by atoms with van der Waals surface area (Å²) in [5.74, 6) is 1.12. The molecule has 0 fully saturated rings. The fourth-order valence-electron chi connectivity index (χ4n) is 3.48. The highest BCUT2D eigenvalue weighted by atomic mass is 32.2. The summed E-state index contributed by atoms with van der Waals surface area (Å²) in [4.78, 5) is 16.9. The largest absolute Gasteiger partial charge is 0.461 e. The van der Waals surface area contributed by atoms with Crippen LogP contribution in [-0.2, 0) is 18.5 Å². The molecular formula is C25H18F3N5O2S2. The van der Waals surface area contributed by atoms with Gasteiger partial charge in [-0.15, -0.1) is 21.5 Å². The summed E-state index contributed by atoms with van der Waals surface area (Å²) in [6, 6.07) is 18.1. The molecule has 12 heteroatoms. The molecule has 0 spiro atoms. The van der Waals surface area contributed by atoms with E-state index in [1.807, 2.05) is 41.0 Å². The number of amides is 1. The molecule has 5 rings (SSSR count). The first-order valence-electron chi connectivity index (χ1n) is 10.9. The van der Waals surface area contributed by atoms with Crippen LogP contribution in [0.1, 0.15) is 26.6 Å². The highest BCUT2D eigenvalue weighted by molar-refractivity contribution is 7.98. The Kier molecular flexibility index (Phi) is 7.10. The smallest absolute Gasteiger partial charge is 0.416 e. The number of furan rings is 1. The van der Waals surface area contributed by atoms with Crippen molar-refractivity contribution in [2.75, 3.05) is 0 Å². The molecule has 3 aromatic heterocycles. The minimum Gasteiger partial charge on any atom is -0.461 e. The standard InChI is InChI=1S/C25H18F3N5O2S2/c26-25(27,28)17-7-4-6-16(12-17)13-29-23(34)19-14-36-21(30-19)15-37-24-32-31-22(20-10-5-11-35-20)33(24)18-8-2-1-3-9-18/h1-12,14H,13,15H2,(H,29,34). The molecule has 0 atom stereocenters. The molecule has 7 nitrogen and oxygen atoms in total. The van der Waals surface area contributed by atoms with Gasteiger partial charge in [0.1, 0.15) is 10.7 Å². The molecule has 0 radical (unpaired) electrons. The minimum absolute atomic E-state index is 0.0416. The summed E-state index contributed by atoms with van der Waals surface area (Å²) >= 11 is 2.72. The third-order valence-corrected chi connectivity index (χ3v) is 7.18. The first-order chi connectivity index (χ1) is 17.9. The van der Waals surface area contributed by atoms with E-state index in [1.54, 1.807) is 17.7 Å². The van der Waals surface area contributed by atoms with Crippen LogP contribution < -0.4 is 5.32 Å². The fourth-order valence-corrected chi connectivity index (χ4v) is 5.22. The quantitative estimate of drug-likeness (QED) is 0.235. The highest BCUT2D eigenvalue weighted by Gasteiger charge is 2.30. The zero-order chi connectivity index (χ0) is 25.8. The molecule has 1 N–H and O–H groups in total. The highest BCUT2D eigenvalue weighted by Crippen LogP contribution is 2.31. The lowest BCUT2D eigenvalue weighted by atomic mass is 10.1. The maximum atomic E-state index is 12.9. The molecule has 0 saturated heterocycles. The number of para-hydroxylation sites is 1. The first-order valence-corrected chi connectivity index (χ1v) is 12.8. The molecule has 0 aliphatic heterocycles. The number of hydrogen-bond donors (Lipinski definition) is 1. The van der Waals surface area contributed by atoms with Crippen LogP contribution in [0.3, 0.4) is 0 Å². The van der Waals surface area contributed by atoms with E-state index in [2.05, 4.69) is 20.5 Å². The van der Waals surface area contributed by atoms with Crippen LogP contribution in [0, 0.1) is 0 Å². The SMILES string of the molecule is O=C(NCc1cccc(C(F)(F)F)c1)c1csc(CSc2nnc(-c3ccco3)n2-c2ccccc2)n1. The van der Waals surface area contributed by atoms with Crippen LogP contribution in [0.4, 0.5) is 13.2 Å². The molecule has 188 valence electrons. The van der Waals surface area contributed by atoms with Crippen molar-refractivity contribution >= 4 is 29.0 Å². The second-order valence-electron chi connectivity index (χ2n) is 7.75. The summed E-state index contributed by atoms with van der Waals surface area (Å²) in [5.41, 5.74) is 0.663. The Bertz CT molecular complexity index is 1500. The van der Waals surface area contributed by atoms with Gasteiger partial charge in [0.25, 0.3) is 5.91 Å². The minimum atomic E-state index is -4.44. The Morgan fingerprint density at radius 1 is 1.05 bits per heavy atom. The van der Waals surface area contributed by atoms with Crippen LogP contribution in [0.15, 0.2) is 87.9 Å². The third kappa shape index (κ3) is 5.75. The van der Waals surface area contributed by atoms with Crippen LogP contribution in [-0.4, -0.2) is 25.7 Å². The Labute approximate surface area is 217 Å². The van der Waals surface area contributed by atoms with Gasteiger partial charge in [0.15, 0.2) is 10.9 Å². The van der Waals surface area contributed by atoms with E-state index in [1.165, 1.54) is 35.2 Å². The maximum Gasteiger partial charge on any atom is 0.416 e. The second-order valence-corrected chi connectivity index (χ2v) is 9.64. The Morgan fingerprint density at radius 2 is 1.89 bits per heavy atom. The second kappa shape index (κ2) is 10.6. The Hall–Kier alpha value is -3.90. The average molecular weight is 542 g/mol. The van der Waals surface area contributed by atoms with E-state index in [0.717, 1.165) is 17.8 Å². The first kappa shape index (κ1) is 24.8. The lowest BCUT2D eigenvalue weighted by Gasteiger charge is -2.09. The van der Waals surface area contributed by atoms with Crippen LogP contribution in [0.25, 0.3) is 17.3 Å². The van der Waals surface area contributed by atoms with Crippen molar-refractivity contribution < 1.29 is 22.4 Å². The number of hydrogen-bond acceptors (Lipinski definition) is 7. The molecule has 37 heavy (non-hydrogen) atoms. The van der Waals surface area contributed by atoms with E-state index >= 15 is 0 Å².